The summed E-state index contributed by atoms with van der Waals surface area (Å²) >= 11 is 0. The van der Waals surface area contributed by atoms with Crippen molar-refractivity contribution in [1.29, 1.82) is 0 Å². The third-order valence-electron chi connectivity index (χ3n) is 6.40. The molecular weight excluding hydrogens is 430 g/mol. The van der Waals surface area contributed by atoms with E-state index in [2.05, 4.69) is 20.8 Å². The van der Waals surface area contributed by atoms with E-state index in [4.69, 9.17) is 4.74 Å². The van der Waals surface area contributed by atoms with Crippen molar-refractivity contribution in [2.75, 3.05) is 12.9 Å². The van der Waals surface area contributed by atoms with Crippen molar-refractivity contribution < 1.29 is 27.9 Å². The summed E-state index contributed by atoms with van der Waals surface area (Å²) in [6, 6.07) is 0. The zero-order chi connectivity index (χ0) is 24.2. The number of hydrogen-bond donors (Lipinski definition) is 2. The number of unbranched alkanes of at least 4 members (excludes halogenated alkanes) is 5. The van der Waals surface area contributed by atoms with E-state index in [-0.39, 0.29) is 35.7 Å². The van der Waals surface area contributed by atoms with Gasteiger partial charge >= 0.3 is 6.09 Å². The van der Waals surface area contributed by atoms with Crippen LogP contribution in [0.25, 0.3) is 0 Å². The van der Waals surface area contributed by atoms with Crippen LogP contribution in [0.4, 0.5) is 4.79 Å². The minimum Gasteiger partial charge on any atom is -0.449 e. The second kappa shape index (κ2) is 14.0. The Morgan fingerprint density at radius 3 is 2.47 bits per heavy atom. The average molecular weight is 474 g/mol. The third-order valence-corrected chi connectivity index (χ3v) is 6.94. The van der Waals surface area contributed by atoms with Crippen LogP contribution in [-0.4, -0.2) is 44.4 Å². The van der Waals surface area contributed by atoms with Crippen LogP contribution in [0, 0.1) is 17.3 Å². The van der Waals surface area contributed by atoms with Gasteiger partial charge in [-0.25, -0.2) is 17.9 Å². The fourth-order valence-corrected chi connectivity index (χ4v) is 4.58. The van der Waals surface area contributed by atoms with Crippen molar-refractivity contribution in [3.8, 4) is 0 Å². The van der Waals surface area contributed by atoms with Crippen molar-refractivity contribution in [3.05, 3.63) is 12.2 Å². The normalized spacial score (nSPS) is 19.8. The Morgan fingerprint density at radius 2 is 1.81 bits per heavy atom. The lowest BCUT2D eigenvalue weighted by Crippen LogP contribution is -2.30. The van der Waals surface area contributed by atoms with Gasteiger partial charge < -0.3 is 9.84 Å². The van der Waals surface area contributed by atoms with Crippen LogP contribution in [0.1, 0.15) is 91.4 Å². The number of amides is 1. The Morgan fingerprint density at radius 1 is 1.16 bits per heavy atom. The predicted octanol–water partition coefficient (Wildman–Crippen LogP) is 4.74. The lowest BCUT2D eigenvalue weighted by Gasteiger charge is -2.31. The first-order valence-corrected chi connectivity index (χ1v) is 13.9. The predicted molar refractivity (Wildman–Crippen MR) is 127 cm³/mol. The van der Waals surface area contributed by atoms with E-state index in [1.807, 2.05) is 6.08 Å². The van der Waals surface area contributed by atoms with Crippen molar-refractivity contribution in [3.63, 3.8) is 0 Å². The summed E-state index contributed by atoms with van der Waals surface area (Å²) in [4.78, 5) is 23.5. The highest BCUT2D eigenvalue weighted by Gasteiger charge is 2.32. The highest BCUT2D eigenvalue weighted by atomic mass is 32.2. The zero-order valence-corrected chi connectivity index (χ0v) is 21.1. The van der Waals surface area contributed by atoms with E-state index in [1.54, 1.807) is 10.8 Å². The van der Waals surface area contributed by atoms with E-state index in [0.29, 0.717) is 6.42 Å². The molecule has 1 amide bonds. The first-order chi connectivity index (χ1) is 15.0. The second-order valence-electron chi connectivity index (χ2n) is 9.78. The molecule has 0 spiro atoms. The summed E-state index contributed by atoms with van der Waals surface area (Å²) in [5.74, 6) is 0.463. The lowest BCUT2D eigenvalue weighted by molar-refractivity contribution is -0.118. The molecule has 0 aliphatic heterocycles. The molecule has 0 unspecified atom stereocenters. The molecule has 0 fully saturated rings. The van der Waals surface area contributed by atoms with Crippen LogP contribution in [0.2, 0.25) is 0 Å². The molecule has 186 valence electrons. The Bertz CT molecular complexity index is 716. The van der Waals surface area contributed by atoms with Gasteiger partial charge in [-0.1, -0.05) is 65.4 Å². The SMILES string of the molecule is CCCCC(C)(C)[C@H](O)CC[C@H]1C=CC(=O)[C@@H]1CCCCCCCOC(=O)NS(C)(=O)=O. The molecule has 0 bridgehead atoms. The number of carbonyl (C=O) groups is 2. The van der Waals surface area contributed by atoms with E-state index in [1.165, 1.54) is 0 Å². The van der Waals surface area contributed by atoms with Crippen molar-refractivity contribution >= 4 is 21.9 Å². The summed E-state index contributed by atoms with van der Waals surface area (Å²) in [6.45, 7) is 6.61. The number of rotatable bonds is 16. The molecule has 32 heavy (non-hydrogen) atoms. The maximum Gasteiger partial charge on any atom is 0.420 e. The summed E-state index contributed by atoms with van der Waals surface area (Å²) in [7, 11) is -3.59. The molecule has 0 aromatic carbocycles. The van der Waals surface area contributed by atoms with Crippen molar-refractivity contribution in [1.82, 2.24) is 4.72 Å². The molecule has 0 saturated heterocycles. The van der Waals surface area contributed by atoms with Gasteiger partial charge in [0.1, 0.15) is 0 Å². The number of ketones is 1. The highest BCUT2D eigenvalue weighted by molar-refractivity contribution is 7.89. The summed E-state index contributed by atoms with van der Waals surface area (Å²) in [6.07, 6.45) is 13.5. The molecule has 8 heteroatoms. The van der Waals surface area contributed by atoms with Crippen LogP contribution in [-0.2, 0) is 19.6 Å². The quantitative estimate of drug-likeness (QED) is 0.313. The molecule has 0 saturated carbocycles. The van der Waals surface area contributed by atoms with Crippen LogP contribution in [0.15, 0.2) is 12.2 Å². The first-order valence-electron chi connectivity index (χ1n) is 12.0. The van der Waals surface area contributed by atoms with E-state index < -0.39 is 16.1 Å². The highest BCUT2D eigenvalue weighted by Crippen LogP contribution is 2.35. The largest absolute Gasteiger partial charge is 0.449 e. The first kappa shape index (κ1) is 28.6. The molecule has 1 rings (SSSR count). The van der Waals surface area contributed by atoms with Crippen molar-refractivity contribution in [2.24, 2.45) is 17.3 Å². The summed E-state index contributed by atoms with van der Waals surface area (Å²) < 4.78 is 28.4. The van der Waals surface area contributed by atoms with E-state index >= 15 is 0 Å². The molecule has 7 nitrogen and oxygen atoms in total. The Kier molecular flexibility index (Phi) is 12.5. The second-order valence-corrected chi connectivity index (χ2v) is 11.5. The molecule has 0 heterocycles. The number of hydrogen-bond acceptors (Lipinski definition) is 6. The average Bonchev–Trinajstić information content (AvgIpc) is 3.04. The van der Waals surface area contributed by atoms with Crippen LogP contribution in [0.5, 0.6) is 0 Å². The van der Waals surface area contributed by atoms with Gasteiger partial charge in [0, 0.05) is 5.92 Å². The van der Waals surface area contributed by atoms with Gasteiger partial charge in [-0.2, -0.15) is 0 Å². The van der Waals surface area contributed by atoms with Gasteiger partial charge in [-0.15, -0.1) is 0 Å². The minimum absolute atomic E-state index is 0.0315. The van der Waals surface area contributed by atoms with Gasteiger partial charge in [0.25, 0.3) is 0 Å². The molecule has 3 atom stereocenters. The van der Waals surface area contributed by atoms with E-state index in [0.717, 1.165) is 70.5 Å². The monoisotopic (exact) mass is 473 g/mol. The van der Waals surface area contributed by atoms with E-state index in [9.17, 15) is 23.1 Å². The minimum atomic E-state index is -3.59. The standard InChI is InChI=1S/C24H43NO6S/c1-5-6-17-24(2,3)22(27)16-14-19-13-15-21(26)20(19)12-10-8-7-9-11-18-31-23(28)25-32(4,29)30/h13,15,19-20,22,27H,5-12,14,16-18H2,1-4H3,(H,25,28)/t19-,20-,22-/m1/s1. The van der Waals surface area contributed by atoms with Gasteiger partial charge in [0.05, 0.1) is 19.0 Å². The number of allylic oxidation sites excluding steroid dienone is 2. The van der Waals surface area contributed by atoms with Crippen LogP contribution in [0.3, 0.4) is 0 Å². The molecule has 0 aromatic rings. The maximum absolute atomic E-state index is 12.3. The van der Waals surface area contributed by atoms with Gasteiger partial charge in [0.2, 0.25) is 10.0 Å². The number of aliphatic hydroxyl groups excluding tert-OH is 1. The Balaban J connectivity index is 2.22. The van der Waals surface area contributed by atoms with Crippen LogP contribution >= 0.6 is 0 Å². The maximum atomic E-state index is 12.3. The Labute approximate surface area is 194 Å². The number of carbonyl (C=O) groups excluding carboxylic acids is 2. The fourth-order valence-electron chi connectivity index (χ4n) is 4.22. The molecule has 2 N–H and O–H groups in total. The number of ether oxygens (including phenoxy) is 1. The smallest absolute Gasteiger partial charge is 0.420 e. The molecule has 0 radical (unpaired) electrons. The lowest BCUT2D eigenvalue weighted by atomic mass is 9.77. The Hall–Kier alpha value is -1.41. The molecule has 1 aliphatic rings. The number of nitrogens with one attached hydrogen (secondary N) is 1. The third kappa shape index (κ3) is 11.5. The topological polar surface area (TPSA) is 110 Å². The van der Waals surface area contributed by atoms with Gasteiger partial charge in [-0.3, -0.25) is 4.79 Å². The number of aliphatic hydroxyl groups is 1. The molecule has 1 aliphatic carbocycles. The fraction of sp³-hybridized carbons (Fsp3) is 0.833. The van der Waals surface area contributed by atoms with Gasteiger partial charge in [-0.05, 0) is 49.5 Å². The van der Waals surface area contributed by atoms with Crippen molar-refractivity contribution in [2.45, 2.75) is 97.5 Å². The molecular formula is C24H43NO6S. The molecule has 0 aromatic heterocycles. The zero-order valence-electron chi connectivity index (χ0n) is 20.3. The summed E-state index contributed by atoms with van der Waals surface area (Å²) in [5.41, 5.74) is -0.0903. The number of sulfonamides is 1. The summed E-state index contributed by atoms with van der Waals surface area (Å²) in [5, 5.41) is 10.6. The van der Waals surface area contributed by atoms with Crippen LogP contribution < -0.4 is 4.72 Å². The van der Waals surface area contributed by atoms with Gasteiger partial charge in [0.15, 0.2) is 5.78 Å².